The van der Waals surface area contributed by atoms with Crippen molar-refractivity contribution in [3.05, 3.63) is 59.2 Å². The van der Waals surface area contributed by atoms with E-state index in [-0.39, 0.29) is 24.2 Å². The third-order valence-corrected chi connectivity index (χ3v) is 5.37. The second kappa shape index (κ2) is 9.45. The van der Waals surface area contributed by atoms with Gasteiger partial charge in [0.1, 0.15) is 0 Å². The summed E-state index contributed by atoms with van der Waals surface area (Å²) in [6, 6.07) is 13.7. The molecule has 2 amide bonds. The maximum Gasteiger partial charge on any atom is 0.225 e. The van der Waals surface area contributed by atoms with E-state index in [1.807, 2.05) is 49.4 Å². The smallest absolute Gasteiger partial charge is 0.225 e. The molecule has 1 N–H and O–H groups in total. The van der Waals surface area contributed by atoms with Gasteiger partial charge in [-0.15, -0.1) is 0 Å². The van der Waals surface area contributed by atoms with Crippen molar-refractivity contribution in [1.29, 1.82) is 0 Å². The average molecular weight is 396 g/mol. The van der Waals surface area contributed by atoms with Crippen molar-refractivity contribution < 1.29 is 19.1 Å². The molecule has 2 aromatic carbocycles. The fraction of sp³-hybridized carbons (Fsp3) is 0.391. The number of aryl methyl sites for hydroxylation is 1. The fourth-order valence-electron chi connectivity index (χ4n) is 3.60. The summed E-state index contributed by atoms with van der Waals surface area (Å²) in [5, 5.41) is 2.97. The van der Waals surface area contributed by atoms with Crippen LogP contribution in [0.3, 0.4) is 0 Å². The van der Waals surface area contributed by atoms with Gasteiger partial charge in [-0.2, -0.15) is 0 Å². The van der Waals surface area contributed by atoms with E-state index in [9.17, 15) is 9.59 Å². The SMILES string of the molecule is COc1ccc(CCNC(=O)C2CC(=O)N(Cc3ccccc3C)C2)cc1OC. The number of carbonyl (C=O) groups is 2. The number of nitrogens with zero attached hydrogens (tertiary/aromatic N) is 1. The third-order valence-electron chi connectivity index (χ3n) is 5.37. The van der Waals surface area contributed by atoms with E-state index in [0.717, 1.165) is 16.7 Å². The van der Waals surface area contributed by atoms with Gasteiger partial charge in [0, 0.05) is 26.1 Å². The fourth-order valence-corrected chi connectivity index (χ4v) is 3.60. The molecular formula is C23H28N2O4. The Bertz CT molecular complexity index is 881. The summed E-state index contributed by atoms with van der Waals surface area (Å²) in [7, 11) is 3.20. The molecule has 1 aliphatic heterocycles. The zero-order chi connectivity index (χ0) is 20.8. The number of ether oxygens (including phenoxy) is 2. The third kappa shape index (κ3) is 5.08. The van der Waals surface area contributed by atoms with Gasteiger partial charge in [-0.3, -0.25) is 9.59 Å². The van der Waals surface area contributed by atoms with Crippen molar-refractivity contribution in [2.75, 3.05) is 27.3 Å². The molecule has 1 saturated heterocycles. The van der Waals surface area contributed by atoms with Gasteiger partial charge in [-0.1, -0.05) is 30.3 Å². The summed E-state index contributed by atoms with van der Waals surface area (Å²) in [4.78, 5) is 26.7. The first kappa shape index (κ1) is 20.7. The van der Waals surface area contributed by atoms with Crippen LogP contribution in [0.2, 0.25) is 0 Å². The van der Waals surface area contributed by atoms with Crippen molar-refractivity contribution in [2.24, 2.45) is 5.92 Å². The highest BCUT2D eigenvalue weighted by molar-refractivity contribution is 5.89. The van der Waals surface area contributed by atoms with Crippen LogP contribution in [0.4, 0.5) is 0 Å². The number of nitrogens with one attached hydrogen (secondary N) is 1. The zero-order valence-corrected chi connectivity index (χ0v) is 17.2. The van der Waals surface area contributed by atoms with Crippen molar-refractivity contribution in [2.45, 2.75) is 26.3 Å². The summed E-state index contributed by atoms with van der Waals surface area (Å²) < 4.78 is 10.6. The minimum absolute atomic E-state index is 0.0355. The topological polar surface area (TPSA) is 67.9 Å². The number of likely N-dealkylation sites (tertiary alicyclic amines) is 1. The van der Waals surface area contributed by atoms with Crippen molar-refractivity contribution in [3.8, 4) is 11.5 Å². The Morgan fingerprint density at radius 2 is 1.90 bits per heavy atom. The first-order chi connectivity index (χ1) is 14.0. The molecule has 2 aromatic rings. The van der Waals surface area contributed by atoms with Crippen molar-refractivity contribution >= 4 is 11.8 Å². The first-order valence-electron chi connectivity index (χ1n) is 9.82. The van der Waals surface area contributed by atoms with Crippen LogP contribution in [0.1, 0.15) is 23.1 Å². The maximum atomic E-state index is 12.5. The number of hydrogen-bond acceptors (Lipinski definition) is 4. The van der Waals surface area contributed by atoms with E-state index >= 15 is 0 Å². The summed E-state index contributed by atoms with van der Waals surface area (Å²) in [5.74, 6) is 1.03. The minimum Gasteiger partial charge on any atom is -0.493 e. The van der Waals surface area contributed by atoms with Crippen LogP contribution in [0, 0.1) is 12.8 Å². The van der Waals surface area contributed by atoms with Gasteiger partial charge < -0.3 is 19.7 Å². The van der Waals surface area contributed by atoms with Crippen molar-refractivity contribution in [3.63, 3.8) is 0 Å². The lowest BCUT2D eigenvalue weighted by atomic mass is 10.1. The molecular weight excluding hydrogens is 368 g/mol. The molecule has 6 heteroatoms. The first-order valence-corrected chi connectivity index (χ1v) is 9.82. The highest BCUT2D eigenvalue weighted by Crippen LogP contribution is 2.27. The second-order valence-electron chi connectivity index (χ2n) is 7.33. The van der Waals surface area contributed by atoms with Crippen LogP contribution in [0.5, 0.6) is 11.5 Å². The van der Waals surface area contributed by atoms with Crippen molar-refractivity contribution in [1.82, 2.24) is 10.2 Å². The predicted octanol–water partition coefficient (Wildman–Crippen LogP) is 2.72. The van der Waals surface area contributed by atoms with Gasteiger partial charge in [0.05, 0.1) is 20.1 Å². The highest BCUT2D eigenvalue weighted by atomic mass is 16.5. The maximum absolute atomic E-state index is 12.5. The predicted molar refractivity (Wildman–Crippen MR) is 111 cm³/mol. The second-order valence-corrected chi connectivity index (χ2v) is 7.33. The van der Waals surface area contributed by atoms with E-state index in [1.54, 1.807) is 19.1 Å². The Hall–Kier alpha value is -3.02. The van der Waals surface area contributed by atoms with Gasteiger partial charge in [0.2, 0.25) is 11.8 Å². The Morgan fingerprint density at radius 3 is 2.62 bits per heavy atom. The number of hydrogen-bond donors (Lipinski definition) is 1. The van der Waals surface area contributed by atoms with E-state index < -0.39 is 0 Å². The summed E-state index contributed by atoms with van der Waals surface area (Å²) in [6.07, 6.45) is 0.952. The van der Waals surface area contributed by atoms with Crippen LogP contribution in [0.15, 0.2) is 42.5 Å². The molecule has 6 nitrogen and oxygen atoms in total. The Labute approximate surface area is 171 Å². The van der Waals surface area contributed by atoms with E-state index in [2.05, 4.69) is 5.32 Å². The van der Waals surface area contributed by atoms with Crippen LogP contribution >= 0.6 is 0 Å². The molecule has 1 unspecified atom stereocenters. The minimum atomic E-state index is -0.295. The quantitative estimate of drug-likeness (QED) is 0.745. The number of benzene rings is 2. The molecule has 0 radical (unpaired) electrons. The molecule has 0 bridgehead atoms. The molecule has 1 fully saturated rings. The number of amides is 2. The molecule has 154 valence electrons. The van der Waals surface area contributed by atoms with Gasteiger partial charge in [0.15, 0.2) is 11.5 Å². The molecule has 0 saturated carbocycles. The van der Waals surface area contributed by atoms with Gasteiger partial charge in [-0.25, -0.2) is 0 Å². The molecule has 3 rings (SSSR count). The summed E-state index contributed by atoms with van der Waals surface area (Å²) in [6.45, 7) is 3.57. The van der Waals surface area contributed by atoms with E-state index in [0.29, 0.717) is 37.6 Å². The van der Waals surface area contributed by atoms with Crippen LogP contribution in [-0.4, -0.2) is 44.0 Å². The largest absolute Gasteiger partial charge is 0.493 e. The lowest BCUT2D eigenvalue weighted by Gasteiger charge is -2.18. The molecule has 1 heterocycles. The molecule has 0 aromatic heterocycles. The molecule has 0 spiro atoms. The summed E-state index contributed by atoms with van der Waals surface area (Å²) in [5.41, 5.74) is 3.32. The van der Waals surface area contributed by atoms with Crippen LogP contribution in [0.25, 0.3) is 0 Å². The Balaban J connectivity index is 1.50. The average Bonchev–Trinajstić information content (AvgIpc) is 3.10. The summed E-state index contributed by atoms with van der Waals surface area (Å²) >= 11 is 0. The van der Waals surface area contributed by atoms with E-state index in [4.69, 9.17) is 9.47 Å². The monoisotopic (exact) mass is 396 g/mol. The normalized spacial score (nSPS) is 16.0. The molecule has 1 aliphatic rings. The van der Waals surface area contributed by atoms with E-state index in [1.165, 1.54) is 0 Å². The lowest BCUT2D eigenvalue weighted by Crippen LogP contribution is -2.34. The lowest BCUT2D eigenvalue weighted by molar-refractivity contribution is -0.129. The molecule has 29 heavy (non-hydrogen) atoms. The molecule has 0 aliphatic carbocycles. The highest BCUT2D eigenvalue weighted by Gasteiger charge is 2.34. The van der Waals surface area contributed by atoms with Crippen LogP contribution < -0.4 is 14.8 Å². The van der Waals surface area contributed by atoms with Gasteiger partial charge in [0.25, 0.3) is 0 Å². The standard InChI is InChI=1S/C23H28N2O4/c1-16-6-4-5-7-18(16)14-25-15-19(13-22(25)26)23(27)24-11-10-17-8-9-20(28-2)21(12-17)29-3/h4-9,12,19H,10-11,13-15H2,1-3H3,(H,24,27). The van der Waals surface area contributed by atoms with Crippen LogP contribution in [-0.2, 0) is 22.6 Å². The van der Waals surface area contributed by atoms with Gasteiger partial charge in [-0.05, 0) is 42.2 Å². The number of methoxy groups -OCH3 is 2. The Morgan fingerprint density at radius 1 is 1.14 bits per heavy atom. The Kier molecular flexibility index (Phi) is 6.75. The molecule has 1 atom stereocenters. The number of carbonyl (C=O) groups excluding carboxylic acids is 2. The van der Waals surface area contributed by atoms with Gasteiger partial charge >= 0.3 is 0 Å². The zero-order valence-electron chi connectivity index (χ0n) is 17.2. The number of rotatable bonds is 8.